The van der Waals surface area contributed by atoms with Crippen molar-refractivity contribution in [1.29, 1.82) is 0 Å². The van der Waals surface area contributed by atoms with E-state index in [-0.39, 0.29) is 0 Å². The Kier molecular flexibility index (Phi) is 8.44. The van der Waals surface area contributed by atoms with Gasteiger partial charge in [-0.25, -0.2) is 0 Å². The number of aryl methyl sites for hydroxylation is 1. The van der Waals surface area contributed by atoms with Crippen molar-refractivity contribution in [3.8, 4) is 11.5 Å². The highest BCUT2D eigenvalue weighted by molar-refractivity contribution is 6.83. The topological polar surface area (TPSA) is 53.7 Å². The first-order valence-electron chi connectivity index (χ1n) is 12.1. The van der Waals surface area contributed by atoms with Crippen LogP contribution in [0, 0.1) is 11.5 Å². The molecular formula is C27H36N4Si. The Labute approximate surface area is 193 Å². The summed E-state index contributed by atoms with van der Waals surface area (Å²) in [6, 6.07) is 12.6. The van der Waals surface area contributed by atoms with E-state index >= 15 is 0 Å². The second-order valence-electron chi connectivity index (χ2n) is 9.75. The first-order valence-corrected chi connectivity index (χ1v) is 15.6. The van der Waals surface area contributed by atoms with E-state index in [9.17, 15) is 0 Å². The van der Waals surface area contributed by atoms with Crippen LogP contribution in [0.25, 0.3) is 32.2 Å². The molecule has 0 N–H and O–H groups in total. The third-order valence-corrected chi connectivity index (χ3v) is 6.70. The van der Waals surface area contributed by atoms with E-state index in [4.69, 9.17) is 5.53 Å². The second kappa shape index (κ2) is 11.3. The zero-order valence-corrected chi connectivity index (χ0v) is 21.1. The molecule has 1 aromatic heterocycles. The molecule has 0 radical (unpaired) electrons. The molecule has 0 unspecified atom stereocenters. The van der Waals surface area contributed by atoms with E-state index in [2.05, 4.69) is 76.9 Å². The van der Waals surface area contributed by atoms with Crippen molar-refractivity contribution in [1.82, 2.24) is 4.57 Å². The van der Waals surface area contributed by atoms with Crippen molar-refractivity contribution < 1.29 is 0 Å². The van der Waals surface area contributed by atoms with Crippen LogP contribution < -0.4 is 0 Å². The predicted molar refractivity (Wildman–Crippen MR) is 141 cm³/mol. The molecule has 5 heteroatoms. The highest BCUT2D eigenvalue weighted by Gasteiger charge is 2.12. The van der Waals surface area contributed by atoms with Crippen LogP contribution in [0.15, 0.2) is 41.5 Å². The van der Waals surface area contributed by atoms with Crippen molar-refractivity contribution in [3.63, 3.8) is 0 Å². The smallest absolute Gasteiger partial charge is 0.129 e. The van der Waals surface area contributed by atoms with Crippen LogP contribution in [0.4, 0.5) is 5.69 Å². The number of fused-ring (bicyclic) bond motifs is 3. The molecule has 0 aliphatic heterocycles. The Morgan fingerprint density at radius 2 is 1.50 bits per heavy atom. The molecule has 0 atom stereocenters. The van der Waals surface area contributed by atoms with Gasteiger partial charge in [0.1, 0.15) is 8.07 Å². The largest absolute Gasteiger partial charge is 0.340 e. The van der Waals surface area contributed by atoms with Gasteiger partial charge < -0.3 is 4.57 Å². The molecule has 1 heterocycles. The van der Waals surface area contributed by atoms with Crippen LogP contribution in [-0.2, 0) is 6.54 Å². The van der Waals surface area contributed by atoms with Gasteiger partial charge in [-0.1, -0.05) is 88.6 Å². The summed E-state index contributed by atoms with van der Waals surface area (Å²) in [5.74, 6) is 3.39. The van der Waals surface area contributed by atoms with Crippen molar-refractivity contribution in [2.24, 2.45) is 5.11 Å². The normalized spacial score (nSPS) is 11.4. The summed E-state index contributed by atoms with van der Waals surface area (Å²) in [6.07, 6.45) is 10.5. The standard InChI is InChI=1S/C27H36N4Si/c1-5-6-7-8-9-10-11-12-18-31-26-15-13-22(17-19-32(2,3)4)20-24(26)25-21-23(29-30-28)14-16-27(25)31/h13-16,20-21H,5-12,18H2,1-4H3. The lowest BCUT2D eigenvalue weighted by Gasteiger charge is -2.08. The maximum absolute atomic E-state index is 8.87. The SMILES string of the molecule is CCCCCCCCCCn1c2ccc(C#C[Si](C)(C)C)cc2c2cc(N=[N+]=[N-])ccc21. The second-order valence-corrected chi connectivity index (χ2v) is 14.5. The molecule has 168 valence electrons. The fraction of sp³-hybridized carbons (Fsp3) is 0.481. The van der Waals surface area contributed by atoms with Crippen molar-refractivity contribution in [2.45, 2.75) is 84.5 Å². The fourth-order valence-electron chi connectivity index (χ4n) is 4.19. The molecule has 0 saturated carbocycles. The fourth-order valence-corrected chi connectivity index (χ4v) is 4.71. The summed E-state index contributed by atoms with van der Waals surface area (Å²) < 4.78 is 2.43. The van der Waals surface area contributed by atoms with E-state index in [0.717, 1.165) is 17.5 Å². The molecule has 2 aromatic carbocycles. The van der Waals surface area contributed by atoms with Gasteiger partial charge in [0.15, 0.2) is 0 Å². The van der Waals surface area contributed by atoms with Gasteiger partial charge in [-0.05, 0) is 42.3 Å². The van der Waals surface area contributed by atoms with E-state index in [1.165, 1.54) is 67.8 Å². The molecule has 0 saturated heterocycles. The third-order valence-electron chi connectivity index (χ3n) is 5.83. The molecule has 0 amide bonds. The summed E-state index contributed by atoms with van der Waals surface area (Å²) in [7, 11) is -1.43. The third kappa shape index (κ3) is 6.42. The maximum Gasteiger partial charge on any atom is 0.129 e. The predicted octanol–water partition coefficient (Wildman–Crippen LogP) is 9.11. The van der Waals surface area contributed by atoms with Gasteiger partial charge in [0.05, 0.1) is 0 Å². The van der Waals surface area contributed by atoms with E-state index in [0.29, 0.717) is 5.69 Å². The van der Waals surface area contributed by atoms with E-state index in [1.807, 2.05) is 12.1 Å². The Morgan fingerprint density at radius 1 is 0.875 bits per heavy atom. The minimum Gasteiger partial charge on any atom is -0.340 e. The zero-order chi connectivity index (χ0) is 23.0. The lowest BCUT2D eigenvalue weighted by Crippen LogP contribution is -2.16. The molecule has 0 bridgehead atoms. The summed E-state index contributed by atoms with van der Waals surface area (Å²) in [4.78, 5) is 2.97. The molecule has 32 heavy (non-hydrogen) atoms. The van der Waals surface area contributed by atoms with Crippen LogP contribution in [0.2, 0.25) is 19.6 Å². The van der Waals surface area contributed by atoms with Crippen LogP contribution in [0.1, 0.15) is 63.9 Å². The van der Waals surface area contributed by atoms with Gasteiger partial charge in [0.25, 0.3) is 0 Å². The summed E-state index contributed by atoms with van der Waals surface area (Å²) in [6.45, 7) is 10.1. The summed E-state index contributed by atoms with van der Waals surface area (Å²) in [5, 5.41) is 6.16. The molecule has 0 fully saturated rings. The van der Waals surface area contributed by atoms with Gasteiger partial charge in [-0.3, -0.25) is 0 Å². The molecule has 3 aromatic rings. The highest BCUT2D eigenvalue weighted by atomic mass is 28.3. The van der Waals surface area contributed by atoms with Crippen molar-refractivity contribution in [3.05, 3.63) is 52.4 Å². The van der Waals surface area contributed by atoms with Gasteiger partial charge >= 0.3 is 0 Å². The minimum absolute atomic E-state index is 0.657. The monoisotopic (exact) mass is 444 g/mol. The van der Waals surface area contributed by atoms with Crippen LogP contribution >= 0.6 is 0 Å². The van der Waals surface area contributed by atoms with Gasteiger partial charge in [0, 0.05) is 44.5 Å². The van der Waals surface area contributed by atoms with Gasteiger partial charge in [-0.15, -0.1) is 5.54 Å². The number of rotatable bonds is 10. The summed E-state index contributed by atoms with van der Waals surface area (Å²) >= 11 is 0. The number of hydrogen-bond donors (Lipinski definition) is 0. The zero-order valence-electron chi connectivity index (χ0n) is 20.1. The average Bonchev–Trinajstić information content (AvgIpc) is 3.06. The number of hydrogen-bond acceptors (Lipinski definition) is 1. The summed E-state index contributed by atoms with van der Waals surface area (Å²) in [5.41, 5.74) is 16.5. The Hall–Kier alpha value is -2.67. The minimum atomic E-state index is -1.43. The molecule has 3 rings (SSSR count). The molecule has 0 aliphatic carbocycles. The number of benzene rings is 2. The Morgan fingerprint density at radius 3 is 2.16 bits per heavy atom. The highest BCUT2D eigenvalue weighted by Crippen LogP contribution is 2.33. The lowest BCUT2D eigenvalue weighted by molar-refractivity contribution is 0.553. The van der Waals surface area contributed by atoms with Crippen LogP contribution in [0.3, 0.4) is 0 Å². The Bertz CT molecular complexity index is 1170. The Balaban J connectivity index is 1.87. The van der Waals surface area contributed by atoms with Gasteiger partial charge in [0.2, 0.25) is 0 Å². The van der Waals surface area contributed by atoms with Crippen molar-refractivity contribution >= 4 is 35.6 Å². The molecule has 0 aliphatic rings. The average molecular weight is 445 g/mol. The number of aromatic nitrogens is 1. The molecule has 0 spiro atoms. The van der Waals surface area contributed by atoms with Gasteiger partial charge in [-0.2, -0.15) is 0 Å². The quantitative estimate of drug-likeness (QED) is 0.0747. The molecular weight excluding hydrogens is 408 g/mol. The van der Waals surface area contributed by atoms with E-state index in [1.54, 1.807) is 0 Å². The van der Waals surface area contributed by atoms with E-state index < -0.39 is 8.07 Å². The van der Waals surface area contributed by atoms with Crippen LogP contribution in [-0.4, -0.2) is 12.6 Å². The first-order chi connectivity index (χ1) is 15.4. The maximum atomic E-state index is 8.87. The first kappa shape index (κ1) is 24.0. The number of nitrogens with zero attached hydrogens (tertiary/aromatic N) is 4. The number of unbranched alkanes of at least 4 members (excludes halogenated alkanes) is 7. The van der Waals surface area contributed by atoms with Crippen LogP contribution in [0.5, 0.6) is 0 Å². The molecule has 4 nitrogen and oxygen atoms in total. The number of azide groups is 1. The van der Waals surface area contributed by atoms with Crippen molar-refractivity contribution in [2.75, 3.05) is 0 Å². The lowest BCUT2D eigenvalue weighted by atomic mass is 10.1.